The molecule has 0 saturated carbocycles. The van der Waals surface area contributed by atoms with Crippen molar-refractivity contribution in [3.63, 3.8) is 0 Å². The smallest absolute Gasteiger partial charge is 0.257 e. The van der Waals surface area contributed by atoms with Gasteiger partial charge in [0.2, 0.25) is 0 Å². The van der Waals surface area contributed by atoms with Gasteiger partial charge in [-0.05, 0) is 12.1 Å². The van der Waals surface area contributed by atoms with Crippen LogP contribution in [0.25, 0.3) is 11.3 Å². The topological polar surface area (TPSA) is 85.7 Å². The molecule has 3 rings (SSSR count). The van der Waals surface area contributed by atoms with E-state index in [0.29, 0.717) is 23.4 Å². The monoisotopic (exact) mass is 323 g/mol. The molecule has 1 aromatic carbocycles. The van der Waals surface area contributed by atoms with Crippen molar-refractivity contribution < 1.29 is 4.79 Å². The van der Waals surface area contributed by atoms with Crippen LogP contribution in [0, 0.1) is 11.3 Å². The zero-order valence-electron chi connectivity index (χ0n) is 12.4. The van der Waals surface area contributed by atoms with Crippen LogP contribution in [-0.4, -0.2) is 33.0 Å². The Bertz CT molecular complexity index is 863. The summed E-state index contributed by atoms with van der Waals surface area (Å²) >= 11 is 1.51. The van der Waals surface area contributed by atoms with E-state index in [1.54, 1.807) is 41.9 Å². The number of benzene rings is 1. The predicted octanol–water partition coefficient (Wildman–Crippen LogP) is 2.68. The van der Waals surface area contributed by atoms with E-state index in [1.807, 2.05) is 6.07 Å². The number of aromatic amines is 1. The molecule has 6 nitrogen and oxygen atoms in total. The van der Waals surface area contributed by atoms with Crippen molar-refractivity contribution >= 4 is 17.2 Å². The van der Waals surface area contributed by atoms with Gasteiger partial charge in [-0.15, -0.1) is 11.3 Å². The number of hydrogen-bond donors (Lipinski definition) is 1. The minimum Gasteiger partial charge on any atom is -0.336 e. The number of thiazole rings is 1. The number of aromatic nitrogens is 3. The van der Waals surface area contributed by atoms with Crippen LogP contribution >= 0.6 is 11.3 Å². The van der Waals surface area contributed by atoms with Crippen LogP contribution in [0.4, 0.5) is 0 Å². The van der Waals surface area contributed by atoms with Gasteiger partial charge in [0.1, 0.15) is 0 Å². The zero-order valence-corrected chi connectivity index (χ0v) is 13.2. The Morgan fingerprint density at radius 2 is 2.30 bits per heavy atom. The summed E-state index contributed by atoms with van der Waals surface area (Å²) in [5, 5.41) is 15.9. The van der Waals surface area contributed by atoms with Gasteiger partial charge < -0.3 is 4.90 Å². The quantitative estimate of drug-likeness (QED) is 0.800. The van der Waals surface area contributed by atoms with Gasteiger partial charge in [-0.25, -0.2) is 0 Å². The first kappa shape index (κ1) is 14.9. The van der Waals surface area contributed by atoms with Gasteiger partial charge in [0.25, 0.3) is 5.91 Å². The highest BCUT2D eigenvalue weighted by molar-refractivity contribution is 7.09. The fraction of sp³-hybridized carbons (Fsp3) is 0.125. The first-order valence-corrected chi connectivity index (χ1v) is 7.73. The number of nitrogens with one attached hydrogen (secondary N) is 1. The Hall–Kier alpha value is -2.98. The Balaban J connectivity index is 1.88. The average Bonchev–Trinajstić information content (AvgIpc) is 3.25. The molecule has 23 heavy (non-hydrogen) atoms. The molecule has 0 radical (unpaired) electrons. The van der Waals surface area contributed by atoms with Crippen molar-refractivity contribution in [2.75, 3.05) is 7.05 Å². The van der Waals surface area contributed by atoms with Gasteiger partial charge in [0.15, 0.2) is 0 Å². The molecule has 1 amide bonds. The lowest BCUT2D eigenvalue weighted by Gasteiger charge is -2.16. The first-order valence-electron chi connectivity index (χ1n) is 6.86. The van der Waals surface area contributed by atoms with Gasteiger partial charge in [-0.3, -0.25) is 14.9 Å². The maximum absolute atomic E-state index is 12.7. The molecule has 0 aliphatic rings. The van der Waals surface area contributed by atoms with Gasteiger partial charge in [-0.1, -0.05) is 12.1 Å². The molecule has 0 spiro atoms. The number of nitriles is 1. The molecule has 2 aromatic heterocycles. The number of H-pyrrole nitrogens is 1. The van der Waals surface area contributed by atoms with Crippen LogP contribution in [0.3, 0.4) is 0 Å². The highest BCUT2D eigenvalue weighted by Crippen LogP contribution is 2.23. The number of amides is 1. The van der Waals surface area contributed by atoms with Crippen molar-refractivity contribution in [3.8, 4) is 17.3 Å². The lowest BCUT2D eigenvalue weighted by molar-refractivity contribution is 0.0787. The summed E-state index contributed by atoms with van der Waals surface area (Å²) < 4.78 is 0. The average molecular weight is 323 g/mol. The second-order valence-electron chi connectivity index (χ2n) is 4.98. The number of carbonyl (C=O) groups excluding carboxylic acids is 1. The minimum atomic E-state index is -0.135. The Morgan fingerprint density at radius 3 is 3.04 bits per heavy atom. The lowest BCUT2D eigenvalue weighted by atomic mass is 10.0. The van der Waals surface area contributed by atoms with Crippen LogP contribution in [0.2, 0.25) is 0 Å². The Labute approximate surface area is 137 Å². The summed E-state index contributed by atoms with van der Waals surface area (Å²) in [4.78, 5) is 19.3. The second kappa shape index (κ2) is 6.42. The predicted molar refractivity (Wildman–Crippen MR) is 86.7 cm³/mol. The molecular formula is C16H13N5OS. The fourth-order valence-electron chi connectivity index (χ4n) is 2.24. The van der Waals surface area contributed by atoms with E-state index in [0.717, 1.165) is 10.4 Å². The van der Waals surface area contributed by atoms with Gasteiger partial charge in [0.05, 0.1) is 41.1 Å². The molecule has 0 bridgehead atoms. The van der Waals surface area contributed by atoms with Crippen molar-refractivity contribution in [1.82, 2.24) is 20.1 Å². The third-order valence-electron chi connectivity index (χ3n) is 3.37. The number of rotatable bonds is 4. The standard InChI is InChI=1S/C16H13N5OS/c1-21(9-13-7-18-10-23-13)16(22)14-8-19-20-15(14)12-4-2-3-11(5-12)6-17/h2-5,7-8,10H,9H2,1H3,(H,19,20). The normalized spacial score (nSPS) is 10.3. The highest BCUT2D eigenvalue weighted by atomic mass is 32.1. The fourth-order valence-corrected chi connectivity index (χ4v) is 2.89. The number of hydrogen-bond acceptors (Lipinski definition) is 5. The van der Waals surface area contributed by atoms with Crippen molar-refractivity contribution in [1.29, 1.82) is 5.26 Å². The molecule has 3 aromatic rings. The maximum atomic E-state index is 12.7. The summed E-state index contributed by atoms with van der Waals surface area (Å²) in [6.45, 7) is 0.492. The largest absolute Gasteiger partial charge is 0.336 e. The molecule has 1 N–H and O–H groups in total. The Morgan fingerprint density at radius 1 is 1.43 bits per heavy atom. The lowest BCUT2D eigenvalue weighted by Crippen LogP contribution is -2.26. The molecular weight excluding hydrogens is 310 g/mol. The van der Waals surface area contributed by atoms with E-state index in [2.05, 4.69) is 21.3 Å². The molecule has 7 heteroatoms. The van der Waals surface area contributed by atoms with E-state index in [-0.39, 0.29) is 5.91 Å². The molecule has 0 saturated heterocycles. The number of carbonyl (C=O) groups is 1. The first-order chi connectivity index (χ1) is 11.2. The van der Waals surface area contributed by atoms with Crippen molar-refractivity contribution in [2.45, 2.75) is 6.54 Å². The zero-order chi connectivity index (χ0) is 16.2. The third kappa shape index (κ3) is 3.12. The highest BCUT2D eigenvalue weighted by Gasteiger charge is 2.19. The molecule has 2 heterocycles. The van der Waals surface area contributed by atoms with Crippen LogP contribution in [0.15, 0.2) is 42.2 Å². The van der Waals surface area contributed by atoms with E-state index in [1.165, 1.54) is 17.5 Å². The van der Waals surface area contributed by atoms with E-state index in [9.17, 15) is 4.79 Å². The van der Waals surface area contributed by atoms with Crippen LogP contribution in [0.1, 0.15) is 20.8 Å². The molecule has 0 fully saturated rings. The van der Waals surface area contributed by atoms with E-state index < -0.39 is 0 Å². The summed E-state index contributed by atoms with van der Waals surface area (Å²) in [6.07, 6.45) is 3.26. The minimum absolute atomic E-state index is 0.135. The summed E-state index contributed by atoms with van der Waals surface area (Å²) in [7, 11) is 1.74. The van der Waals surface area contributed by atoms with Crippen LogP contribution < -0.4 is 0 Å². The summed E-state index contributed by atoms with van der Waals surface area (Å²) in [6, 6.07) is 9.17. The van der Waals surface area contributed by atoms with Crippen LogP contribution in [0.5, 0.6) is 0 Å². The summed E-state index contributed by atoms with van der Waals surface area (Å²) in [5.74, 6) is -0.135. The van der Waals surface area contributed by atoms with E-state index in [4.69, 9.17) is 5.26 Å². The van der Waals surface area contributed by atoms with Gasteiger partial charge in [-0.2, -0.15) is 10.4 Å². The molecule has 0 atom stereocenters. The maximum Gasteiger partial charge on any atom is 0.257 e. The van der Waals surface area contributed by atoms with Gasteiger partial charge in [0, 0.05) is 23.7 Å². The Kier molecular flexibility index (Phi) is 4.17. The van der Waals surface area contributed by atoms with E-state index >= 15 is 0 Å². The third-order valence-corrected chi connectivity index (χ3v) is 4.14. The number of nitrogens with zero attached hydrogens (tertiary/aromatic N) is 4. The SMILES string of the molecule is CN(Cc1cncs1)C(=O)c1cn[nH]c1-c1cccc(C#N)c1. The second-order valence-corrected chi connectivity index (χ2v) is 5.95. The molecule has 0 unspecified atom stereocenters. The van der Waals surface area contributed by atoms with Crippen molar-refractivity contribution in [3.05, 3.63) is 58.2 Å². The summed E-state index contributed by atoms with van der Waals surface area (Å²) in [5.41, 5.74) is 4.13. The van der Waals surface area contributed by atoms with Gasteiger partial charge >= 0.3 is 0 Å². The molecule has 0 aliphatic carbocycles. The molecule has 0 aliphatic heterocycles. The van der Waals surface area contributed by atoms with Crippen molar-refractivity contribution in [2.24, 2.45) is 0 Å². The molecule has 114 valence electrons. The van der Waals surface area contributed by atoms with Crippen LogP contribution in [-0.2, 0) is 6.54 Å².